The number of aromatic nitrogens is 1. The summed E-state index contributed by atoms with van der Waals surface area (Å²) in [6.45, 7) is 3.06. The lowest BCUT2D eigenvalue weighted by Crippen LogP contribution is -2.36. The van der Waals surface area contributed by atoms with Crippen LogP contribution in [0.25, 0.3) is 10.9 Å². The monoisotopic (exact) mass is 271 g/mol. The summed E-state index contributed by atoms with van der Waals surface area (Å²) < 4.78 is 0. The molecule has 1 heterocycles. The summed E-state index contributed by atoms with van der Waals surface area (Å²) in [5.41, 5.74) is 7.58. The van der Waals surface area contributed by atoms with Gasteiger partial charge in [-0.1, -0.05) is 31.2 Å². The van der Waals surface area contributed by atoms with E-state index in [2.05, 4.69) is 10.3 Å². The second-order valence-corrected chi connectivity index (χ2v) is 4.92. The lowest BCUT2D eigenvalue weighted by molar-refractivity contribution is -0.124. The van der Waals surface area contributed by atoms with Gasteiger partial charge in [-0.3, -0.25) is 9.78 Å². The molecule has 0 saturated carbocycles. The predicted octanol–water partition coefficient (Wildman–Crippen LogP) is 1.88. The molecule has 3 N–H and O–H groups in total. The Morgan fingerprint density at radius 3 is 2.85 bits per heavy atom. The zero-order chi connectivity index (χ0) is 14.4. The van der Waals surface area contributed by atoms with Crippen molar-refractivity contribution in [1.82, 2.24) is 10.3 Å². The third kappa shape index (κ3) is 3.54. The maximum atomic E-state index is 12.0. The molecule has 1 aromatic carbocycles. The van der Waals surface area contributed by atoms with Gasteiger partial charge in [-0.2, -0.15) is 0 Å². The molecule has 0 saturated heterocycles. The van der Waals surface area contributed by atoms with E-state index in [1.807, 2.05) is 43.3 Å². The van der Waals surface area contributed by atoms with Gasteiger partial charge in [0.25, 0.3) is 0 Å². The highest BCUT2D eigenvalue weighted by atomic mass is 16.1. The molecule has 0 aliphatic rings. The topological polar surface area (TPSA) is 68.0 Å². The Morgan fingerprint density at radius 2 is 2.10 bits per heavy atom. The molecule has 1 aromatic heterocycles. The Morgan fingerprint density at radius 1 is 1.30 bits per heavy atom. The van der Waals surface area contributed by atoms with Crippen molar-refractivity contribution in [3.8, 4) is 0 Å². The number of rotatable bonds is 6. The Balaban J connectivity index is 2.10. The summed E-state index contributed by atoms with van der Waals surface area (Å²) in [5, 5.41) is 4.00. The highest BCUT2D eigenvalue weighted by Gasteiger charge is 2.17. The van der Waals surface area contributed by atoms with E-state index in [9.17, 15) is 4.79 Å². The molecule has 0 spiro atoms. The number of pyridine rings is 1. The smallest absolute Gasteiger partial charge is 0.224 e. The summed E-state index contributed by atoms with van der Waals surface area (Å²) >= 11 is 0. The molecule has 0 radical (unpaired) electrons. The van der Waals surface area contributed by atoms with E-state index in [4.69, 9.17) is 5.73 Å². The normalized spacial score (nSPS) is 12.3. The van der Waals surface area contributed by atoms with Gasteiger partial charge in [0.15, 0.2) is 0 Å². The number of carbonyl (C=O) groups is 1. The summed E-state index contributed by atoms with van der Waals surface area (Å²) in [6.07, 6.45) is 1.51. The molecular weight excluding hydrogens is 250 g/mol. The van der Waals surface area contributed by atoms with E-state index in [-0.39, 0.29) is 11.8 Å². The van der Waals surface area contributed by atoms with E-state index >= 15 is 0 Å². The first-order valence-corrected chi connectivity index (χ1v) is 7.07. The first kappa shape index (κ1) is 14.5. The zero-order valence-electron chi connectivity index (χ0n) is 11.8. The maximum absolute atomic E-state index is 12.0. The molecule has 2 aromatic rings. The Hall–Kier alpha value is -1.94. The number of para-hydroxylation sites is 1. The van der Waals surface area contributed by atoms with E-state index in [0.717, 1.165) is 23.0 Å². The van der Waals surface area contributed by atoms with Crippen LogP contribution in [0.2, 0.25) is 0 Å². The van der Waals surface area contributed by atoms with Crippen LogP contribution in [-0.4, -0.2) is 24.0 Å². The highest BCUT2D eigenvalue weighted by molar-refractivity contribution is 5.80. The van der Waals surface area contributed by atoms with Gasteiger partial charge in [-0.15, -0.1) is 0 Å². The highest BCUT2D eigenvalue weighted by Crippen LogP contribution is 2.14. The van der Waals surface area contributed by atoms with Crippen LogP contribution in [0.4, 0.5) is 0 Å². The maximum Gasteiger partial charge on any atom is 0.224 e. The fourth-order valence-electron chi connectivity index (χ4n) is 2.15. The number of fused-ring (bicyclic) bond motifs is 1. The van der Waals surface area contributed by atoms with E-state index in [1.165, 1.54) is 0 Å². The van der Waals surface area contributed by atoms with Gasteiger partial charge in [-0.25, -0.2) is 0 Å². The Kier molecular flexibility index (Phi) is 5.07. The van der Waals surface area contributed by atoms with E-state index in [0.29, 0.717) is 19.5 Å². The van der Waals surface area contributed by atoms with Gasteiger partial charge in [0.05, 0.1) is 11.4 Å². The molecule has 106 valence electrons. The standard InChI is InChI=1S/C16H21N3O/c1-2-9-18-16(20)13(11-17)10-14-8-7-12-5-3-4-6-15(12)19-14/h3-8,13H,2,9-11,17H2,1H3,(H,18,20). The van der Waals surface area contributed by atoms with Crippen molar-refractivity contribution in [1.29, 1.82) is 0 Å². The van der Waals surface area contributed by atoms with E-state index < -0.39 is 0 Å². The average Bonchev–Trinajstić information content (AvgIpc) is 2.50. The van der Waals surface area contributed by atoms with Crippen LogP contribution in [0.5, 0.6) is 0 Å². The van der Waals surface area contributed by atoms with Gasteiger partial charge in [0.1, 0.15) is 0 Å². The lowest BCUT2D eigenvalue weighted by Gasteiger charge is -2.14. The molecule has 0 aliphatic heterocycles. The SMILES string of the molecule is CCCNC(=O)C(CN)Cc1ccc2ccccc2n1. The quantitative estimate of drug-likeness (QED) is 0.843. The second-order valence-electron chi connectivity index (χ2n) is 4.92. The molecule has 4 heteroatoms. The largest absolute Gasteiger partial charge is 0.356 e. The average molecular weight is 271 g/mol. The fourth-order valence-corrected chi connectivity index (χ4v) is 2.15. The van der Waals surface area contributed by atoms with Crippen molar-refractivity contribution < 1.29 is 4.79 Å². The number of nitrogens with one attached hydrogen (secondary N) is 1. The molecule has 1 atom stereocenters. The van der Waals surface area contributed by atoms with Gasteiger partial charge in [-0.05, 0) is 18.6 Å². The number of benzene rings is 1. The number of nitrogens with two attached hydrogens (primary N) is 1. The minimum absolute atomic E-state index is 0.0179. The van der Waals surface area contributed by atoms with Gasteiger partial charge < -0.3 is 11.1 Å². The molecule has 0 fully saturated rings. The van der Waals surface area contributed by atoms with Gasteiger partial charge in [0, 0.05) is 30.6 Å². The van der Waals surface area contributed by atoms with Crippen LogP contribution in [-0.2, 0) is 11.2 Å². The molecule has 0 aliphatic carbocycles. The Bertz CT molecular complexity index is 583. The minimum Gasteiger partial charge on any atom is -0.356 e. The zero-order valence-corrected chi connectivity index (χ0v) is 11.8. The van der Waals surface area contributed by atoms with Crippen molar-refractivity contribution in [2.45, 2.75) is 19.8 Å². The number of hydrogen-bond acceptors (Lipinski definition) is 3. The molecule has 2 rings (SSSR count). The summed E-state index contributed by atoms with van der Waals surface area (Å²) in [6, 6.07) is 12.0. The van der Waals surface area contributed by atoms with Crippen molar-refractivity contribution >= 4 is 16.8 Å². The van der Waals surface area contributed by atoms with Crippen molar-refractivity contribution in [3.05, 3.63) is 42.1 Å². The summed E-state index contributed by atoms with van der Waals surface area (Å²) in [5.74, 6) is -0.195. The fraction of sp³-hybridized carbons (Fsp3) is 0.375. The first-order valence-electron chi connectivity index (χ1n) is 7.07. The summed E-state index contributed by atoms with van der Waals surface area (Å²) in [7, 11) is 0. The summed E-state index contributed by atoms with van der Waals surface area (Å²) in [4.78, 5) is 16.6. The third-order valence-corrected chi connectivity index (χ3v) is 3.32. The van der Waals surface area contributed by atoms with E-state index in [1.54, 1.807) is 0 Å². The van der Waals surface area contributed by atoms with Crippen LogP contribution < -0.4 is 11.1 Å². The van der Waals surface area contributed by atoms with Crippen LogP contribution in [0.3, 0.4) is 0 Å². The molecular formula is C16H21N3O. The van der Waals surface area contributed by atoms with Crippen LogP contribution >= 0.6 is 0 Å². The number of amides is 1. The molecule has 0 bridgehead atoms. The van der Waals surface area contributed by atoms with Crippen molar-refractivity contribution in [2.75, 3.05) is 13.1 Å². The van der Waals surface area contributed by atoms with Crippen LogP contribution in [0.15, 0.2) is 36.4 Å². The van der Waals surface area contributed by atoms with Crippen molar-refractivity contribution in [3.63, 3.8) is 0 Å². The first-order chi connectivity index (χ1) is 9.74. The van der Waals surface area contributed by atoms with Gasteiger partial charge >= 0.3 is 0 Å². The van der Waals surface area contributed by atoms with Gasteiger partial charge in [0.2, 0.25) is 5.91 Å². The predicted molar refractivity (Wildman–Crippen MR) is 81.3 cm³/mol. The minimum atomic E-state index is -0.213. The molecule has 1 amide bonds. The van der Waals surface area contributed by atoms with Crippen LogP contribution in [0.1, 0.15) is 19.0 Å². The molecule has 4 nitrogen and oxygen atoms in total. The third-order valence-electron chi connectivity index (χ3n) is 3.32. The number of carbonyl (C=O) groups excluding carboxylic acids is 1. The lowest BCUT2D eigenvalue weighted by atomic mass is 10.0. The van der Waals surface area contributed by atoms with Crippen molar-refractivity contribution in [2.24, 2.45) is 11.7 Å². The van der Waals surface area contributed by atoms with Crippen LogP contribution in [0, 0.1) is 5.92 Å². The number of nitrogens with zero attached hydrogens (tertiary/aromatic N) is 1. The molecule has 20 heavy (non-hydrogen) atoms. The Labute approximate surface area is 119 Å². The molecule has 1 unspecified atom stereocenters. The number of hydrogen-bond donors (Lipinski definition) is 2. The second kappa shape index (κ2) is 7.01.